The molecule has 1 heterocycles. The monoisotopic (exact) mass is 628 g/mol. The Labute approximate surface area is 284 Å². The van der Waals surface area contributed by atoms with Crippen molar-refractivity contribution in [2.75, 3.05) is 0 Å². The number of aryl methyl sites for hydroxylation is 1. The molecule has 0 fully saturated rings. The van der Waals surface area contributed by atoms with Crippen LogP contribution >= 0.6 is 0 Å². The Morgan fingerprint density at radius 1 is 0.551 bits per heavy atom. The Balaban J connectivity index is 1.28. The van der Waals surface area contributed by atoms with Gasteiger partial charge in [-0.05, 0) is 72.1 Å². The van der Waals surface area contributed by atoms with E-state index in [2.05, 4.69) is 30.3 Å². The lowest BCUT2D eigenvalue weighted by atomic mass is 9.98. The fourth-order valence-electron chi connectivity index (χ4n) is 5.72. The van der Waals surface area contributed by atoms with E-state index < -0.39 is 0 Å². The molecule has 7 rings (SSSR count). The van der Waals surface area contributed by atoms with Crippen LogP contribution in [-0.2, 0) is 0 Å². The van der Waals surface area contributed by atoms with E-state index in [1.807, 2.05) is 97.9 Å². The maximum atomic E-state index is 9.33. The lowest BCUT2D eigenvalue weighted by Gasteiger charge is -2.13. The van der Waals surface area contributed by atoms with Gasteiger partial charge in [-0.15, -0.1) is 0 Å². The van der Waals surface area contributed by atoms with Crippen molar-refractivity contribution in [3.63, 3.8) is 0 Å². The number of aliphatic imine (C=N–C) groups is 1. The van der Waals surface area contributed by atoms with Crippen molar-refractivity contribution in [2.45, 2.75) is 6.92 Å². The molecule has 0 aliphatic heterocycles. The Kier molecular flexibility index (Phi) is 8.36. The smallest absolute Gasteiger partial charge is 0.0991 e. The number of fused-ring (bicyclic) bond motifs is 1. The summed E-state index contributed by atoms with van der Waals surface area (Å²) in [5.41, 5.74) is 12.1. The van der Waals surface area contributed by atoms with E-state index in [1.54, 1.807) is 36.4 Å². The second-order valence-electron chi connectivity index (χ2n) is 11.6. The Morgan fingerprint density at radius 2 is 1.08 bits per heavy atom. The van der Waals surface area contributed by atoms with Crippen LogP contribution in [0.1, 0.15) is 27.8 Å². The molecule has 1 N–H and O–H groups in total. The topological polar surface area (TPSA) is 110 Å². The SMILES string of the molecule is Cc1cc(-c2ccc3nc(-c4ccccc4)c(-c4ccc(C#N)cc4)nc3c2)ccc1/N=C(\C(=N)c1ccc(C#N)cc1)c1ccccc1. The highest BCUT2D eigenvalue weighted by Crippen LogP contribution is 2.34. The molecule has 6 nitrogen and oxygen atoms in total. The molecule has 0 bridgehead atoms. The van der Waals surface area contributed by atoms with Crippen molar-refractivity contribution in [3.05, 3.63) is 173 Å². The summed E-state index contributed by atoms with van der Waals surface area (Å²) in [7, 11) is 0. The molecule has 0 aliphatic carbocycles. The number of benzene rings is 6. The third-order valence-electron chi connectivity index (χ3n) is 8.35. The van der Waals surface area contributed by atoms with E-state index in [4.69, 9.17) is 20.4 Å². The lowest BCUT2D eigenvalue weighted by Crippen LogP contribution is -2.16. The van der Waals surface area contributed by atoms with Crippen molar-refractivity contribution < 1.29 is 0 Å². The van der Waals surface area contributed by atoms with Crippen LogP contribution in [0.4, 0.5) is 5.69 Å². The lowest BCUT2D eigenvalue weighted by molar-refractivity contribution is 1.29. The molecule has 1 aromatic heterocycles. The molecule has 0 aliphatic rings. The van der Waals surface area contributed by atoms with Gasteiger partial charge in [-0.2, -0.15) is 10.5 Å². The minimum absolute atomic E-state index is 0.278. The fourth-order valence-corrected chi connectivity index (χ4v) is 5.72. The molecule has 49 heavy (non-hydrogen) atoms. The number of nitriles is 2. The molecule has 0 spiro atoms. The van der Waals surface area contributed by atoms with E-state index in [0.29, 0.717) is 22.4 Å². The van der Waals surface area contributed by atoms with Crippen LogP contribution in [0.15, 0.2) is 151 Å². The standard InChI is InChI=1S/C43H28N6/c1-28-24-35(20-22-37(28)47-41(32-8-4-2-5-9-32)40(46)31-16-12-29(26-44)13-17-31)36-21-23-38-39(25-36)49-43(34-18-14-30(27-45)15-19-34)42(48-38)33-10-6-3-7-11-33/h2-25,46H,1H3/b46-40?,47-41-. The Bertz CT molecular complexity index is 2450. The maximum absolute atomic E-state index is 9.33. The van der Waals surface area contributed by atoms with Crippen LogP contribution in [0.2, 0.25) is 0 Å². The first-order chi connectivity index (χ1) is 24.0. The number of nitrogens with one attached hydrogen (secondary N) is 1. The molecule has 6 aromatic carbocycles. The van der Waals surface area contributed by atoms with E-state index >= 15 is 0 Å². The number of rotatable bonds is 7. The van der Waals surface area contributed by atoms with E-state index in [9.17, 15) is 10.5 Å². The van der Waals surface area contributed by atoms with Crippen molar-refractivity contribution in [2.24, 2.45) is 4.99 Å². The van der Waals surface area contributed by atoms with Crippen molar-refractivity contribution in [1.82, 2.24) is 9.97 Å². The first-order valence-electron chi connectivity index (χ1n) is 15.7. The second kappa shape index (κ2) is 13.4. The van der Waals surface area contributed by atoms with Gasteiger partial charge in [-0.25, -0.2) is 15.0 Å². The van der Waals surface area contributed by atoms with Crippen LogP contribution < -0.4 is 0 Å². The average Bonchev–Trinajstić information content (AvgIpc) is 3.17. The molecule has 0 unspecified atom stereocenters. The molecule has 0 saturated carbocycles. The summed E-state index contributed by atoms with van der Waals surface area (Å²) in [6.45, 7) is 2.02. The quantitative estimate of drug-likeness (QED) is 0.177. The molecule has 0 radical (unpaired) electrons. The highest BCUT2D eigenvalue weighted by molar-refractivity contribution is 6.52. The fraction of sp³-hybridized carbons (Fsp3) is 0.0233. The minimum Gasteiger partial charge on any atom is -0.298 e. The molecular formula is C43H28N6. The number of hydrogen-bond acceptors (Lipinski definition) is 6. The van der Waals surface area contributed by atoms with Gasteiger partial charge in [0.15, 0.2) is 0 Å². The Morgan fingerprint density at radius 3 is 1.71 bits per heavy atom. The highest BCUT2D eigenvalue weighted by Gasteiger charge is 2.16. The summed E-state index contributed by atoms with van der Waals surface area (Å²) in [5.74, 6) is 0. The zero-order chi connectivity index (χ0) is 33.7. The van der Waals surface area contributed by atoms with Gasteiger partial charge in [0.05, 0.1) is 62.8 Å². The van der Waals surface area contributed by atoms with Gasteiger partial charge >= 0.3 is 0 Å². The highest BCUT2D eigenvalue weighted by atomic mass is 14.8. The van der Waals surface area contributed by atoms with Crippen LogP contribution in [0, 0.1) is 35.0 Å². The molecule has 6 heteroatoms. The summed E-state index contributed by atoms with van der Waals surface area (Å²) in [6, 6.07) is 50.7. The van der Waals surface area contributed by atoms with Gasteiger partial charge in [-0.3, -0.25) is 5.41 Å². The van der Waals surface area contributed by atoms with E-state index in [1.165, 1.54) is 0 Å². The van der Waals surface area contributed by atoms with Crippen molar-refractivity contribution >= 4 is 28.1 Å². The largest absolute Gasteiger partial charge is 0.298 e. The minimum atomic E-state index is 0.278. The summed E-state index contributed by atoms with van der Waals surface area (Å²) in [5, 5.41) is 27.6. The summed E-state index contributed by atoms with van der Waals surface area (Å²) in [6.07, 6.45) is 0. The third-order valence-corrected chi connectivity index (χ3v) is 8.35. The van der Waals surface area contributed by atoms with Crippen molar-refractivity contribution in [1.29, 1.82) is 15.9 Å². The molecular weight excluding hydrogens is 601 g/mol. The van der Waals surface area contributed by atoms with Crippen LogP contribution in [0.3, 0.4) is 0 Å². The average molecular weight is 629 g/mol. The van der Waals surface area contributed by atoms with Crippen LogP contribution in [0.25, 0.3) is 44.7 Å². The molecule has 7 aromatic rings. The first kappa shape index (κ1) is 30.6. The van der Waals surface area contributed by atoms with Gasteiger partial charge < -0.3 is 0 Å². The normalized spacial score (nSPS) is 11.1. The van der Waals surface area contributed by atoms with Gasteiger partial charge in [-0.1, -0.05) is 97.1 Å². The molecule has 0 saturated heterocycles. The first-order valence-corrected chi connectivity index (χ1v) is 15.7. The predicted molar refractivity (Wildman–Crippen MR) is 196 cm³/mol. The number of hydrogen-bond donors (Lipinski definition) is 1. The molecule has 0 amide bonds. The summed E-state index contributed by atoms with van der Waals surface area (Å²) >= 11 is 0. The zero-order valence-corrected chi connectivity index (χ0v) is 26.6. The predicted octanol–water partition coefficient (Wildman–Crippen LogP) is 9.87. The third kappa shape index (κ3) is 6.36. The van der Waals surface area contributed by atoms with Gasteiger partial charge in [0, 0.05) is 22.3 Å². The number of aromatic nitrogens is 2. The second-order valence-corrected chi connectivity index (χ2v) is 11.6. The maximum Gasteiger partial charge on any atom is 0.0991 e. The van der Waals surface area contributed by atoms with Gasteiger partial charge in [0.1, 0.15) is 0 Å². The molecule has 0 atom stereocenters. The van der Waals surface area contributed by atoms with Crippen molar-refractivity contribution in [3.8, 4) is 45.8 Å². The zero-order valence-electron chi connectivity index (χ0n) is 26.6. The van der Waals surface area contributed by atoms with Crippen LogP contribution in [-0.4, -0.2) is 21.4 Å². The van der Waals surface area contributed by atoms with Crippen LogP contribution in [0.5, 0.6) is 0 Å². The van der Waals surface area contributed by atoms with Gasteiger partial charge in [0.25, 0.3) is 0 Å². The van der Waals surface area contributed by atoms with Gasteiger partial charge in [0.2, 0.25) is 0 Å². The van der Waals surface area contributed by atoms with E-state index in [-0.39, 0.29) is 5.71 Å². The Hall–Kier alpha value is -7.02. The summed E-state index contributed by atoms with van der Waals surface area (Å²) < 4.78 is 0. The number of nitrogens with zero attached hydrogens (tertiary/aromatic N) is 5. The van der Waals surface area contributed by atoms with E-state index in [0.717, 1.165) is 61.5 Å². The summed E-state index contributed by atoms with van der Waals surface area (Å²) in [4.78, 5) is 15.2. The molecule has 230 valence electrons.